The molecule has 1 aliphatic rings. The highest BCUT2D eigenvalue weighted by molar-refractivity contribution is 5.27. The minimum absolute atomic E-state index is 0.364. The summed E-state index contributed by atoms with van der Waals surface area (Å²) in [4.78, 5) is 2.35. The van der Waals surface area contributed by atoms with Crippen LogP contribution < -0.4 is 10.5 Å². The Labute approximate surface area is 108 Å². The van der Waals surface area contributed by atoms with E-state index in [-0.39, 0.29) is 0 Å². The zero-order chi connectivity index (χ0) is 13.0. The van der Waals surface area contributed by atoms with E-state index in [1.165, 1.54) is 5.56 Å². The van der Waals surface area contributed by atoms with E-state index >= 15 is 0 Å². The first-order chi connectivity index (χ1) is 8.65. The second-order valence-corrected chi connectivity index (χ2v) is 5.05. The van der Waals surface area contributed by atoms with Crippen molar-refractivity contribution in [3.63, 3.8) is 0 Å². The second-order valence-electron chi connectivity index (χ2n) is 5.05. The minimum atomic E-state index is -0.642. The van der Waals surface area contributed by atoms with Gasteiger partial charge in [-0.25, -0.2) is 0 Å². The van der Waals surface area contributed by atoms with Gasteiger partial charge in [-0.15, -0.1) is 0 Å². The predicted molar refractivity (Wildman–Crippen MR) is 71.5 cm³/mol. The smallest absolute Gasteiger partial charge is 0.118 e. The van der Waals surface area contributed by atoms with Crippen molar-refractivity contribution in [2.45, 2.75) is 25.0 Å². The molecule has 18 heavy (non-hydrogen) atoms. The summed E-state index contributed by atoms with van der Waals surface area (Å²) in [6.07, 6.45) is 1.53. The van der Waals surface area contributed by atoms with Crippen LogP contribution in [0.5, 0.6) is 5.75 Å². The number of aliphatic hydroxyl groups is 1. The molecule has 3 N–H and O–H groups in total. The number of methoxy groups -OCH3 is 1. The van der Waals surface area contributed by atoms with E-state index in [9.17, 15) is 5.11 Å². The topological polar surface area (TPSA) is 58.7 Å². The zero-order valence-corrected chi connectivity index (χ0v) is 10.9. The molecule has 0 spiro atoms. The standard InChI is InChI=1S/C14H22N2O2/c1-18-13-4-2-12(3-5-13)10-16-8-6-14(17,11-15)7-9-16/h2-5,17H,6-11,15H2,1H3. The van der Waals surface area contributed by atoms with E-state index in [4.69, 9.17) is 10.5 Å². The lowest BCUT2D eigenvalue weighted by Gasteiger charge is -2.37. The van der Waals surface area contributed by atoms with Crippen LogP contribution in [0.3, 0.4) is 0 Å². The molecule has 4 nitrogen and oxygen atoms in total. The lowest BCUT2D eigenvalue weighted by Crippen LogP contribution is -2.48. The number of rotatable bonds is 4. The van der Waals surface area contributed by atoms with Gasteiger partial charge in [-0.1, -0.05) is 12.1 Å². The number of hydrogen-bond acceptors (Lipinski definition) is 4. The molecule has 0 aliphatic carbocycles. The summed E-state index contributed by atoms with van der Waals surface area (Å²) in [5, 5.41) is 10.1. The SMILES string of the molecule is COc1ccc(CN2CCC(O)(CN)CC2)cc1. The van der Waals surface area contributed by atoms with E-state index in [1.807, 2.05) is 12.1 Å². The third-order valence-corrected chi connectivity index (χ3v) is 3.73. The molecule has 2 rings (SSSR count). The van der Waals surface area contributed by atoms with Crippen LogP contribution in [0, 0.1) is 0 Å². The summed E-state index contributed by atoms with van der Waals surface area (Å²) in [7, 11) is 1.67. The van der Waals surface area contributed by atoms with E-state index in [0.29, 0.717) is 6.54 Å². The van der Waals surface area contributed by atoms with Crippen LogP contribution in [0.15, 0.2) is 24.3 Å². The average molecular weight is 250 g/mol. The first kappa shape index (κ1) is 13.3. The van der Waals surface area contributed by atoms with Gasteiger partial charge in [-0.2, -0.15) is 0 Å². The summed E-state index contributed by atoms with van der Waals surface area (Å²) in [6, 6.07) is 8.14. The fraction of sp³-hybridized carbons (Fsp3) is 0.571. The van der Waals surface area contributed by atoms with Crippen molar-refractivity contribution in [1.29, 1.82) is 0 Å². The van der Waals surface area contributed by atoms with Gasteiger partial charge in [-0.3, -0.25) is 4.90 Å². The molecule has 0 radical (unpaired) electrons. The molecule has 1 fully saturated rings. The van der Waals surface area contributed by atoms with Crippen LogP contribution in [0.2, 0.25) is 0 Å². The van der Waals surface area contributed by atoms with E-state index in [1.54, 1.807) is 7.11 Å². The van der Waals surface area contributed by atoms with Crippen LogP contribution in [0.4, 0.5) is 0 Å². The summed E-state index contributed by atoms with van der Waals surface area (Å²) in [5.41, 5.74) is 6.21. The van der Waals surface area contributed by atoms with Crippen molar-refractivity contribution in [2.75, 3.05) is 26.7 Å². The molecule has 4 heteroatoms. The predicted octanol–water partition coefficient (Wildman–Crippen LogP) is 0.981. The van der Waals surface area contributed by atoms with Crippen molar-refractivity contribution < 1.29 is 9.84 Å². The monoisotopic (exact) mass is 250 g/mol. The van der Waals surface area contributed by atoms with Gasteiger partial charge in [-0.05, 0) is 30.5 Å². The Morgan fingerprint density at radius 1 is 1.28 bits per heavy atom. The van der Waals surface area contributed by atoms with E-state index in [2.05, 4.69) is 17.0 Å². The normalized spacial score (nSPS) is 19.7. The van der Waals surface area contributed by atoms with Gasteiger partial charge < -0.3 is 15.6 Å². The van der Waals surface area contributed by atoms with Crippen LogP contribution in [0.25, 0.3) is 0 Å². The molecule has 1 heterocycles. The average Bonchev–Trinajstić information content (AvgIpc) is 2.42. The molecular weight excluding hydrogens is 228 g/mol. The number of nitrogens with zero attached hydrogens (tertiary/aromatic N) is 1. The van der Waals surface area contributed by atoms with Gasteiger partial charge in [0.2, 0.25) is 0 Å². The second kappa shape index (κ2) is 5.69. The van der Waals surface area contributed by atoms with Gasteiger partial charge in [0.25, 0.3) is 0 Å². The summed E-state index contributed by atoms with van der Waals surface area (Å²) >= 11 is 0. The molecule has 100 valence electrons. The molecule has 0 amide bonds. The molecule has 1 aliphatic heterocycles. The van der Waals surface area contributed by atoms with Gasteiger partial charge in [0, 0.05) is 26.2 Å². The Morgan fingerprint density at radius 3 is 2.39 bits per heavy atom. The molecule has 0 saturated carbocycles. The molecule has 1 saturated heterocycles. The van der Waals surface area contributed by atoms with Crippen molar-refractivity contribution in [3.05, 3.63) is 29.8 Å². The first-order valence-corrected chi connectivity index (χ1v) is 6.43. The molecule has 0 aromatic heterocycles. The molecule has 0 atom stereocenters. The molecule has 0 unspecified atom stereocenters. The molecular formula is C14H22N2O2. The maximum absolute atomic E-state index is 10.1. The van der Waals surface area contributed by atoms with E-state index < -0.39 is 5.60 Å². The Morgan fingerprint density at radius 2 is 1.89 bits per heavy atom. The van der Waals surface area contributed by atoms with Gasteiger partial charge in [0.1, 0.15) is 5.75 Å². The minimum Gasteiger partial charge on any atom is -0.497 e. The summed E-state index contributed by atoms with van der Waals surface area (Å²) in [6.45, 7) is 3.09. The van der Waals surface area contributed by atoms with Gasteiger partial charge in [0.05, 0.1) is 12.7 Å². The van der Waals surface area contributed by atoms with Gasteiger partial charge >= 0.3 is 0 Å². The Kier molecular flexibility index (Phi) is 4.22. The number of ether oxygens (including phenoxy) is 1. The molecule has 1 aromatic rings. The van der Waals surface area contributed by atoms with Gasteiger partial charge in [0.15, 0.2) is 0 Å². The maximum atomic E-state index is 10.1. The summed E-state index contributed by atoms with van der Waals surface area (Å²) in [5.74, 6) is 0.884. The molecule has 0 bridgehead atoms. The Bertz CT molecular complexity index is 370. The third-order valence-electron chi connectivity index (χ3n) is 3.73. The fourth-order valence-electron chi connectivity index (χ4n) is 2.32. The summed E-state index contributed by atoms with van der Waals surface area (Å²) < 4.78 is 5.14. The zero-order valence-electron chi connectivity index (χ0n) is 10.9. The quantitative estimate of drug-likeness (QED) is 0.836. The largest absolute Gasteiger partial charge is 0.497 e. The van der Waals surface area contributed by atoms with Crippen molar-refractivity contribution in [3.8, 4) is 5.75 Å². The van der Waals surface area contributed by atoms with E-state index in [0.717, 1.165) is 38.2 Å². The lowest BCUT2D eigenvalue weighted by atomic mass is 9.91. The first-order valence-electron chi connectivity index (χ1n) is 6.43. The Balaban J connectivity index is 1.87. The van der Waals surface area contributed by atoms with Crippen molar-refractivity contribution in [2.24, 2.45) is 5.73 Å². The number of piperidine rings is 1. The number of likely N-dealkylation sites (tertiary alicyclic amines) is 1. The van der Waals surface area contributed by atoms with Crippen molar-refractivity contribution >= 4 is 0 Å². The highest BCUT2D eigenvalue weighted by Crippen LogP contribution is 2.22. The number of nitrogens with two attached hydrogens (primary N) is 1. The van der Waals surface area contributed by atoms with Crippen LogP contribution in [-0.2, 0) is 6.54 Å². The lowest BCUT2D eigenvalue weighted by molar-refractivity contribution is -0.0153. The number of hydrogen-bond donors (Lipinski definition) is 2. The van der Waals surface area contributed by atoms with Crippen LogP contribution in [0.1, 0.15) is 18.4 Å². The fourth-order valence-corrected chi connectivity index (χ4v) is 2.32. The van der Waals surface area contributed by atoms with Crippen LogP contribution in [-0.4, -0.2) is 42.4 Å². The highest BCUT2D eigenvalue weighted by Gasteiger charge is 2.30. The molecule has 1 aromatic carbocycles. The third kappa shape index (κ3) is 3.22. The maximum Gasteiger partial charge on any atom is 0.118 e. The van der Waals surface area contributed by atoms with Crippen molar-refractivity contribution in [1.82, 2.24) is 4.90 Å². The number of benzene rings is 1. The Hall–Kier alpha value is -1.10. The van der Waals surface area contributed by atoms with Crippen LogP contribution >= 0.6 is 0 Å². The highest BCUT2D eigenvalue weighted by atomic mass is 16.5.